The minimum Gasteiger partial charge on any atom is -0.455 e. The van der Waals surface area contributed by atoms with E-state index in [4.69, 9.17) is 16.3 Å². The molecule has 0 spiro atoms. The summed E-state index contributed by atoms with van der Waals surface area (Å²) in [4.78, 5) is 34.9. The van der Waals surface area contributed by atoms with Crippen LogP contribution in [0, 0.1) is 23.6 Å². The number of hydrogen-bond donors (Lipinski definition) is 1. The highest BCUT2D eigenvalue weighted by atomic mass is 35.5. The van der Waals surface area contributed by atoms with Crippen LogP contribution in [-0.4, -0.2) is 15.9 Å². The van der Waals surface area contributed by atoms with Gasteiger partial charge in [-0.1, -0.05) is 18.5 Å². The lowest BCUT2D eigenvalue weighted by Gasteiger charge is -2.07. The van der Waals surface area contributed by atoms with E-state index >= 15 is 0 Å². The summed E-state index contributed by atoms with van der Waals surface area (Å²) in [6.45, 7) is 4.38. The standard InChI is InChI=1S/C10H10ClN2O5/c1-3-4-18-10(15)6-5(2)12-9(14)8(7(6)11)13(16)17/h4H,3H2,1-2H3,(H,12,14). The predicted molar refractivity (Wildman–Crippen MR) is 63.5 cm³/mol. The monoisotopic (exact) mass is 273 g/mol. The first-order valence-corrected chi connectivity index (χ1v) is 5.37. The number of pyridine rings is 1. The second-order valence-corrected chi connectivity index (χ2v) is 3.73. The quantitative estimate of drug-likeness (QED) is 0.513. The van der Waals surface area contributed by atoms with Gasteiger partial charge in [0.1, 0.15) is 17.2 Å². The zero-order valence-electron chi connectivity index (χ0n) is 9.65. The van der Waals surface area contributed by atoms with Gasteiger partial charge in [0.15, 0.2) is 0 Å². The van der Waals surface area contributed by atoms with Crippen LogP contribution in [0.4, 0.5) is 5.69 Å². The van der Waals surface area contributed by atoms with Crippen molar-refractivity contribution in [3.05, 3.63) is 43.4 Å². The Kier molecular flexibility index (Phi) is 4.43. The summed E-state index contributed by atoms with van der Waals surface area (Å²) in [5, 5.41) is 10.2. The Morgan fingerprint density at radius 1 is 1.61 bits per heavy atom. The van der Waals surface area contributed by atoms with Crippen LogP contribution in [0.2, 0.25) is 5.02 Å². The fourth-order valence-electron chi connectivity index (χ4n) is 1.30. The van der Waals surface area contributed by atoms with Gasteiger partial charge in [0.25, 0.3) is 0 Å². The minimum absolute atomic E-state index is 0.116. The number of nitro groups is 1. The topological polar surface area (TPSA) is 102 Å². The van der Waals surface area contributed by atoms with Crippen molar-refractivity contribution in [1.29, 1.82) is 0 Å². The first kappa shape index (κ1) is 14.2. The van der Waals surface area contributed by atoms with Crippen LogP contribution in [0.3, 0.4) is 0 Å². The second kappa shape index (κ2) is 5.63. The van der Waals surface area contributed by atoms with Crippen molar-refractivity contribution in [2.45, 2.75) is 20.3 Å². The summed E-state index contributed by atoms with van der Waals surface area (Å²) in [5.74, 6) is -0.848. The Hall–Kier alpha value is -1.89. The van der Waals surface area contributed by atoms with E-state index in [1.807, 2.05) is 0 Å². The molecule has 0 atom stereocenters. The second-order valence-electron chi connectivity index (χ2n) is 3.35. The molecule has 18 heavy (non-hydrogen) atoms. The van der Waals surface area contributed by atoms with Crippen molar-refractivity contribution in [2.75, 3.05) is 0 Å². The largest absolute Gasteiger partial charge is 0.455 e. The molecule has 0 aliphatic carbocycles. The molecule has 1 radical (unpaired) electrons. The van der Waals surface area contributed by atoms with E-state index in [0.717, 1.165) is 0 Å². The van der Waals surface area contributed by atoms with Crippen molar-refractivity contribution >= 4 is 23.3 Å². The number of carbonyl (C=O) groups is 1. The van der Waals surface area contributed by atoms with Crippen LogP contribution < -0.4 is 5.56 Å². The number of aryl methyl sites for hydroxylation is 1. The number of ether oxygens (including phenoxy) is 1. The maximum atomic E-state index is 11.6. The third-order valence-electron chi connectivity index (χ3n) is 2.06. The van der Waals surface area contributed by atoms with Gasteiger partial charge < -0.3 is 9.72 Å². The summed E-state index contributed by atoms with van der Waals surface area (Å²) < 4.78 is 4.72. The fraction of sp³-hybridized carbons (Fsp3) is 0.300. The van der Waals surface area contributed by atoms with Gasteiger partial charge in [-0.3, -0.25) is 14.9 Å². The lowest BCUT2D eigenvalue weighted by Crippen LogP contribution is -2.18. The predicted octanol–water partition coefficient (Wildman–Crippen LogP) is 1.97. The molecule has 1 heterocycles. The molecule has 1 aromatic rings. The molecule has 0 bridgehead atoms. The summed E-state index contributed by atoms with van der Waals surface area (Å²) in [6.07, 6.45) is 0.480. The summed E-state index contributed by atoms with van der Waals surface area (Å²) in [7, 11) is 0. The van der Waals surface area contributed by atoms with Gasteiger partial charge in [-0.15, -0.1) is 0 Å². The molecule has 0 saturated heterocycles. The molecule has 0 saturated carbocycles. The molecule has 0 unspecified atom stereocenters. The van der Waals surface area contributed by atoms with E-state index < -0.39 is 27.2 Å². The number of nitrogens with zero attached hydrogens (tertiary/aromatic N) is 1. The number of rotatable bonds is 4. The van der Waals surface area contributed by atoms with Gasteiger partial charge >= 0.3 is 17.2 Å². The number of carbonyl (C=O) groups excluding carboxylic acids is 1. The van der Waals surface area contributed by atoms with Crippen molar-refractivity contribution in [3.8, 4) is 0 Å². The molecule has 97 valence electrons. The van der Waals surface area contributed by atoms with E-state index in [1.165, 1.54) is 13.5 Å². The molecule has 8 heteroatoms. The van der Waals surface area contributed by atoms with Gasteiger partial charge in [0.05, 0.1) is 4.92 Å². The average Bonchev–Trinajstić information content (AvgIpc) is 2.24. The van der Waals surface area contributed by atoms with Gasteiger partial charge in [-0.05, 0) is 13.3 Å². The van der Waals surface area contributed by atoms with Crippen LogP contribution >= 0.6 is 11.6 Å². The normalized spacial score (nSPS) is 10.2. The smallest absolute Gasteiger partial charge is 0.353 e. The Morgan fingerprint density at radius 3 is 2.72 bits per heavy atom. The number of hydrogen-bond acceptors (Lipinski definition) is 5. The highest BCUT2D eigenvalue weighted by Crippen LogP contribution is 2.26. The average molecular weight is 274 g/mol. The van der Waals surface area contributed by atoms with E-state index in [-0.39, 0.29) is 11.3 Å². The minimum atomic E-state index is -0.960. The fourth-order valence-corrected chi connectivity index (χ4v) is 1.67. The third-order valence-corrected chi connectivity index (χ3v) is 2.43. The van der Waals surface area contributed by atoms with E-state index in [2.05, 4.69) is 4.98 Å². The molecule has 7 nitrogen and oxygen atoms in total. The van der Waals surface area contributed by atoms with Crippen molar-refractivity contribution in [2.24, 2.45) is 0 Å². The molecule has 1 N–H and O–H groups in total. The Labute approximate surface area is 107 Å². The molecule has 0 amide bonds. The zero-order valence-corrected chi connectivity index (χ0v) is 10.4. The van der Waals surface area contributed by atoms with Crippen molar-refractivity contribution in [1.82, 2.24) is 4.98 Å². The van der Waals surface area contributed by atoms with E-state index in [1.54, 1.807) is 6.92 Å². The number of esters is 1. The SMILES string of the molecule is CC[CH]OC(=O)c1c(C)[nH]c(=O)c([N+](=O)[O-])c1Cl. The van der Waals surface area contributed by atoms with Gasteiger partial charge in [-0.25, -0.2) is 4.79 Å². The first-order chi connectivity index (χ1) is 8.40. The number of nitrogens with one attached hydrogen (secondary N) is 1. The highest BCUT2D eigenvalue weighted by molar-refractivity contribution is 6.35. The van der Waals surface area contributed by atoms with Crippen LogP contribution in [0.15, 0.2) is 4.79 Å². The van der Waals surface area contributed by atoms with Crippen LogP contribution in [0.5, 0.6) is 0 Å². The maximum absolute atomic E-state index is 11.6. The van der Waals surface area contributed by atoms with Crippen LogP contribution in [0.1, 0.15) is 29.4 Å². The summed E-state index contributed by atoms with van der Waals surface area (Å²) >= 11 is 5.71. The lowest BCUT2D eigenvalue weighted by molar-refractivity contribution is -0.386. The van der Waals surface area contributed by atoms with Crippen LogP contribution in [-0.2, 0) is 4.74 Å². The summed E-state index contributed by atoms with van der Waals surface area (Å²) in [5.41, 5.74) is -1.93. The molecule has 0 fully saturated rings. The molecule has 0 aliphatic heterocycles. The highest BCUT2D eigenvalue weighted by Gasteiger charge is 2.27. The van der Waals surface area contributed by atoms with Gasteiger partial charge in [-0.2, -0.15) is 0 Å². The Morgan fingerprint density at radius 2 is 2.22 bits per heavy atom. The third kappa shape index (κ3) is 2.67. The Balaban J connectivity index is 3.36. The number of H-pyrrole nitrogens is 1. The van der Waals surface area contributed by atoms with Crippen molar-refractivity contribution < 1.29 is 14.5 Å². The Bertz CT molecular complexity index is 552. The molecular formula is C10H10ClN2O5. The zero-order chi connectivity index (χ0) is 13.9. The van der Waals surface area contributed by atoms with Gasteiger partial charge in [0, 0.05) is 5.69 Å². The molecule has 0 aliphatic rings. The van der Waals surface area contributed by atoms with E-state index in [9.17, 15) is 19.7 Å². The summed E-state index contributed by atoms with van der Waals surface area (Å²) in [6, 6.07) is 0. The van der Waals surface area contributed by atoms with Gasteiger partial charge in [0.2, 0.25) is 0 Å². The molecule has 1 aromatic heterocycles. The van der Waals surface area contributed by atoms with E-state index in [0.29, 0.717) is 6.42 Å². The molecular weight excluding hydrogens is 264 g/mol. The number of aromatic amines is 1. The molecule has 0 aromatic carbocycles. The maximum Gasteiger partial charge on any atom is 0.353 e. The molecule has 1 rings (SSSR count). The lowest BCUT2D eigenvalue weighted by atomic mass is 10.2. The number of aromatic nitrogens is 1. The van der Waals surface area contributed by atoms with Crippen molar-refractivity contribution in [3.63, 3.8) is 0 Å². The number of halogens is 1. The van der Waals surface area contributed by atoms with Crippen LogP contribution in [0.25, 0.3) is 0 Å². The first-order valence-electron chi connectivity index (χ1n) is 4.99.